The molecule has 3 nitrogen and oxygen atoms in total. The Morgan fingerprint density at radius 3 is 2.57 bits per heavy atom. The molecule has 3 aromatic rings. The van der Waals surface area contributed by atoms with Gasteiger partial charge < -0.3 is 9.47 Å². The average Bonchev–Trinajstić information content (AvgIpc) is 2.59. The molecule has 2 aromatic carbocycles. The molecule has 0 amide bonds. The quantitative estimate of drug-likeness (QED) is 0.670. The van der Waals surface area contributed by atoms with E-state index in [9.17, 15) is 0 Å². The summed E-state index contributed by atoms with van der Waals surface area (Å²) < 4.78 is 10.5. The molecule has 23 heavy (non-hydrogen) atoms. The standard InChI is InChI=1S/C19H16ClNO2/c1-22-18-12-13(11-16(20)19(18)23-2)7-9-15-10-8-14-5-3-4-6-17(14)21-15/h3-12H,1-2H3/b9-7+. The number of ether oxygens (including phenoxy) is 2. The van der Waals surface area contributed by atoms with Gasteiger partial charge in [0.25, 0.3) is 0 Å². The van der Waals surface area contributed by atoms with Crippen LogP contribution in [0.2, 0.25) is 5.02 Å². The maximum Gasteiger partial charge on any atom is 0.179 e. The first kappa shape index (κ1) is 15.4. The summed E-state index contributed by atoms with van der Waals surface area (Å²) in [6.07, 6.45) is 3.90. The van der Waals surface area contributed by atoms with Crippen LogP contribution >= 0.6 is 11.6 Å². The summed E-state index contributed by atoms with van der Waals surface area (Å²) in [5, 5.41) is 1.64. The van der Waals surface area contributed by atoms with Crippen LogP contribution in [0, 0.1) is 0 Å². The number of methoxy groups -OCH3 is 2. The van der Waals surface area contributed by atoms with E-state index in [1.807, 2.05) is 54.6 Å². The van der Waals surface area contributed by atoms with Crippen molar-refractivity contribution in [2.75, 3.05) is 14.2 Å². The number of hydrogen-bond acceptors (Lipinski definition) is 3. The second-order valence-corrected chi connectivity index (χ2v) is 5.41. The number of benzene rings is 2. The molecular weight excluding hydrogens is 310 g/mol. The van der Waals surface area contributed by atoms with Crippen LogP contribution in [0.25, 0.3) is 23.1 Å². The van der Waals surface area contributed by atoms with Crippen molar-refractivity contribution in [3.05, 3.63) is 64.8 Å². The van der Waals surface area contributed by atoms with Crippen molar-refractivity contribution in [1.29, 1.82) is 0 Å². The highest BCUT2D eigenvalue weighted by Crippen LogP contribution is 2.36. The number of hydrogen-bond donors (Lipinski definition) is 0. The smallest absolute Gasteiger partial charge is 0.179 e. The van der Waals surface area contributed by atoms with Crippen LogP contribution < -0.4 is 9.47 Å². The van der Waals surface area contributed by atoms with Crippen molar-refractivity contribution in [3.63, 3.8) is 0 Å². The maximum atomic E-state index is 6.22. The Morgan fingerprint density at radius 2 is 1.78 bits per heavy atom. The van der Waals surface area contributed by atoms with E-state index in [4.69, 9.17) is 21.1 Å². The molecule has 0 saturated carbocycles. The molecule has 0 fully saturated rings. The minimum absolute atomic E-state index is 0.512. The van der Waals surface area contributed by atoms with Gasteiger partial charge in [0.15, 0.2) is 11.5 Å². The van der Waals surface area contributed by atoms with Crippen LogP contribution in [-0.4, -0.2) is 19.2 Å². The second-order valence-electron chi connectivity index (χ2n) is 5.00. The Morgan fingerprint density at radius 1 is 0.957 bits per heavy atom. The van der Waals surface area contributed by atoms with Crippen molar-refractivity contribution in [1.82, 2.24) is 4.98 Å². The van der Waals surface area contributed by atoms with Crippen molar-refractivity contribution >= 4 is 34.7 Å². The number of halogens is 1. The molecule has 0 aliphatic carbocycles. The van der Waals surface area contributed by atoms with Gasteiger partial charge in [-0.1, -0.05) is 41.9 Å². The minimum atomic E-state index is 0.512. The fourth-order valence-corrected chi connectivity index (χ4v) is 2.69. The molecule has 0 atom stereocenters. The van der Waals surface area contributed by atoms with Gasteiger partial charge in [-0.15, -0.1) is 0 Å². The van der Waals surface area contributed by atoms with Crippen molar-refractivity contribution in [2.24, 2.45) is 0 Å². The monoisotopic (exact) mass is 325 g/mol. The van der Waals surface area contributed by atoms with Crippen LogP contribution in [0.4, 0.5) is 0 Å². The van der Waals surface area contributed by atoms with E-state index in [0.717, 1.165) is 22.2 Å². The Hall–Kier alpha value is -2.52. The van der Waals surface area contributed by atoms with Crippen LogP contribution in [0.1, 0.15) is 11.3 Å². The normalized spacial score (nSPS) is 11.1. The third-order valence-electron chi connectivity index (χ3n) is 3.52. The lowest BCUT2D eigenvalue weighted by atomic mass is 10.1. The molecule has 4 heteroatoms. The fourth-order valence-electron chi connectivity index (χ4n) is 2.39. The fraction of sp³-hybridized carbons (Fsp3) is 0.105. The van der Waals surface area contributed by atoms with Gasteiger partial charge >= 0.3 is 0 Å². The Balaban J connectivity index is 1.93. The molecule has 0 unspecified atom stereocenters. The number of nitrogens with zero attached hydrogens (tertiary/aromatic N) is 1. The molecule has 0 saturated heterocycles. The summed E-state index contributed by atoms with van der Waals surface area (Å²) in [6, 6.07) is 15.8. The van der Waals surface area contributed by atoms with Crippen LogP contribution in [0.15, 0.2) is 48.5 Å². The largest absolute Gasteiger partial charge is 0.493 e. The number of pyridine rings is 1. The van der Waals surface area contributed by atoms with Gasteiger partial charge in [0.05, 0.1) is 30.5 Å². The van der Waals surface area contributed by atoms with E-state index in [1.54, 1.807) is 14.2 Å². The van der Waals surface area contributed by atoms with E-state index in [2.05, 4.69) is 11.1 Å². The third kappa shape index (κ3) is 3.30. The molecular formula is C19H16ClNO2. The second kappa shape index (κ2) is 6.71. The van der Waals surface area contributed by atoms with Crippen molar-refractivity contribution in [3.8, 4) is 11.5 Å². The molecule has 0 bridgehead atoms. The Kier molecular flexibility index (Phi) is 4.49. The van der Waals surface area contributed by atoms with Crippen LogP contribution in [0.3, 0.4) is 0 Å². The first-order valence-corrected chi connectivity index (χ1v) is 7.54. The zero-order chi connectivity index (χ0) is 16.2. The minimum Gasteiger partial charge on any atom is -0.493 e. The Labute approximate surface area is 140 Å². The Bertz CT molecular complexity index is 874. The third-order valence-corrected chi connectivity index (χ3v) is 3.80. The summed E-state index contributed by atoms with van der Waals surface area (Å²) in [7, 11) is 3.16. The summed E-state index contributed by atoms with van der Waals surface area (Å²) in [6.45, 7) is 0. The SMILES string of the molecule is COc1cc(/C=C/c2ccc3ccccc3n2)cc(Cl)c1OC. The van der Waals surface area contributed by atoms with Gasteiger partial charge in [-0.3, -0.25) is 0 Å². The highest BCUT2D eigenvalue weighted by molar-refractivity contribution is 6.32. The highest BCUT2D eigenvalue weighted by Gasteiger charge is 2.09. The predicted molar refractivity (Wildman–Crippen MR) is 95.2 cm³/mol. The predicted octanol–water partition coefficient (Wildman–Crippen LogP) is 5.08. The van der Waals surface area contributed by atoms with Gasteiger partial charge in [0.2, 0.25) is 0 Å². The lowest BCUT2D eigenvalue weighted by Gasteiger charge is -2.10. The topological polar surface area (TPSA) is 31.4 Å². The summed E-state index contributed by atoms with van der Waals surface area (Å²) in [5.74, 6) is 1.14. The van der Waals surface area contributed by atoms with Crippen LogP contribution in [0.5, 0.6) is 11.5 Å². The molecule has 0 radical (unpaired) electrons. The molecule has 0 aliphatic heterocycles. The van der Waals surface area contributed by atoms with Gasteiger partial charge in [-0.2, -0.15) is 0 Å². The van der Waals surface area contributed by atoms with Gasteiger partial charge in [0, 0.05) is 5.39 Å². The molecule has 0 spiro atoms. The average molecular weight is 326 g/mol. The molecule has 1 heterocycles. The number of rotatable bonds is 4. The van der Waals surface area contributed by atoms with E-state index < -0.39 is 0 Å². The molecule has 0 N–H and O–H groups in total. The zero-order valence-corrected chi connectivity index (χ0v) is 13.7. The van der Waals surface area contributed by atoms with E-state index in [1.165, 1.54) is 0 Å². The highest BCUT2D eigenvalue weighted by atomic mass is 35.5. The molecule has 1 aromatic heterocycles. The molecule has 0 aliphatic rings. The lowest BCUT2D eigenvalue weighted by molar-refractivity contribution is 0.355. The summed E-state index contributed by atoms with van der Waals surface area (Å²) >= 11 is 6.22. The number of para-hydroxylation sites is 1. The summed E-state index contributed by atoms with van der Waals surface area (Å²) in [5.41, 5.74) is 2.78. The van der Waals surface area contributed by atoms with Gasteiger partial charge in [-0.05, 0) is 35.9 Å². The lowest BCUT2D eigenvalue weighted by Crippen LogP contribution is -1.92. The van der Waals surface area contributed by atoms with Gasteiger partial charge in [0.1, 0.15) is 0 Å². The first-order valence-electron chi connectivity index (χ1n) is 7.16. The van der Waals surface area contributed by atoms with Crippen LogP contribution in [-0.2, 0) is 0 Å². The van der Waals surface area contributed by atoms with E-state index in [0.29, 0.717) is 16.5 Å². The van der Waals surface area contributed by atoms with E-state index in [-0.39, 0.29) is 0 Å². The maximum absolute atomic E-state index is 6.22. The van der Waals surface area contributed by atoms with Crippen molar-refractivity contribution in [2.45, 2.75) is 0 Å². The molecule has 3 rings (SSSR count). The molecule has 116 valence electrons. The number of fused-ring (bicyclic) bond motifs is 1. The zero-order valence-electron chi connectivity index (χ0n) is 12.9. The van der Waals surface area contributed by atoms with Crippen molar-refractivity contribution < 1.29 is 9.47 Å². The van der Waals surface area contributed by atoms with Gasteiger partial charge in [-0.25, -0.2) is 4.98 Å². The number of aromatic nitrogens is 1. The first-order chi connectivity index (χ1) is 11.2. The van der Waals surface area contributed by atoms with E-state index >= 15 is 0 Å². The summed E-state index contributed by atoms with van der Waals surface area (Å²) in [4.78, 5) is 4.61.